The normalized spacial score (nSPS) is 18.8. The number of carbonyl (C=O) groups is 1. The molecule has 1 heterocycles. The predicted octanol–water partition coefficient (Wildman–Crippen LogP) is 2.70. The number of nitrogens with one attached hydrogen (secondary N) is 1. The van der Waals surface area contributed by atoms with Gasteiger partial charge in [-0.3, -0.25) is 4.79 Å². The monoisotopic (exact) mass is 403 g/mol. The van der Waals surface area contributed by atoms with Crippen LogP contribution in [0.5, 0.6) is 5.75 Å². The van der Waals surface area contributed by atoms with Gasteiger partial charge in [0.25, 0.3) is 0 Å². The molecule has 0 spiro atoms. The summed E-state index contributed by atoms with van der Waals surface area (Å²) in [5.41, 5.74) is 1.40. The zero-order valence-corrected chi connectivity index (χ0v) is 16.3. The number of amides is 1. The lowest BCUT2D eigenvalue weighted by Crippen LogP contribution is -2.23. The van der Waals surface area contributed by atoms with Crippen LogP contribution in [-0.4, -0.2) is 31.0 Å². The third-order valence-electron chi connectivity index (χ3n) is 3.66. The maximum absolute atomic E-state index is 12.5. The van der Waals surface area contributed by atoms with E-state index in [1.807, 2.05) is 6.92 Å². The van der Waals surface area contributed by atoms with Crippen molar-refractivity contribution >= 4 is 39.2 Å². The SMILES string of the molecule is Cc1ccc(S(=O)(=O)Oc2ccccc2/C=N/N=C2\NC(=O)C(C)S2)cc1. The van der Waals surface area contributed by atoms with Crippen LogP contribution in [-0.2, 0) is 14.9 Å². The van der Waals surface area contributed by atoms with Gasteiger partial charge in [0.2, 0.25) is 5.91 Å². The number of amidine groups is 1. The third kappa shape index (κ3) is 4.75. The number of carbonyl (C=O) groups excluding carboxylic acids is 1. The lowest BCUT2D eigenvalue weighted by Gasteiger charge is -2.09. The molecule has 1 aliphatic heterocycles. The average Bonchev–Trinajstić information content (AvgIpc) is 2.94. The molecule has 1 unspecified atom stereocenters. The van der Waals surface area contributed by atoms with Crippen LogP contribution < -0.4 is 9.50 Å². The van der Waals surface area contributed by atoms with Crippen LogP contribution in [0.15, 0.2) is 63.6 Å². The van der Waals surface area contributed by atoms with E-state index in [4.69, 9.17) is 4.18 Å². The highest BCUT2D eigenvalue weighted by molar-refractivity contribution is 8.15. The summed E-state index contributed by atoms with van der Waals surface area (Å²) >= 11 is 1.27. The van der Waals surface area contributed by atoms with Crippen molar-refractivity contribution in [1.82, 2.24) is 5.32 Å². The van der Waals surface area contributed by atoms with Crippen molar-refractivity contribution in [3.63, 3.8) is 0 Å². The van der Waals surface area contributed by atoms with Gasteiger partial charge in [-0.2, -0.15) is 13.5 Å². The summed E-state index contributed by atoms with van der Waals surface area (Å²) in [6.07, 6.45) is 1.38. The third-order valence-corrected chi connectivity index (χ3v) is 5.88. The quantitative estimate of drug-likeness (QED) is 0.470. The maximum atomic E-state index is 12.5. The van der Waals surface area contributed by atoms with Gasteiger partial charge in [0.1, 0.15) is 4.90 Å². The summed E-state index contributed by atoms with van der Waals surface area (Å²) in [6, 6.07) is 13.0. The number of hydrogen-bond donors (Lipinski definition) is 1. The second-order valence-electron chi connectivity index (χ2n) is 5.79. The first-order chi connectivity index (χ1) is 12.8. The van der Waals surface area contributed by atoms with E-state index in [2.05, 4.69) is 15.5 Å². The molecule has 1 atom stereocenters. The van der Waals surface area contributed by atoms with Crippen molar-refractivity contribution in [1.29, 1.82) is 0 Å². The molecule has 1 aliphatic rings. The fraction of sp³-hybridized carbons (Fsp3) is 0.167. The highest BCUT2D eigenvalue weighted by Crippen LogP contribution is 2.22. The van der Waals surface area contributed by atoms with E-state index in [1.54, 1.807) is 37.3 Å². The first kappa shape index (κ1) is 19.1. The van der Waals surface area contributed by atoms with Crippen molar-refractivity contribution in [2.45, 2.75) is 24.0 Å². The van der Waals surface area contributed by atoms with Crippen LogP contribution in [0.4, 0.5) is 0 Å². The van der Waals surface area contributed by atoms with Crippen LogP contribution in [0, 0.1) is 6.92 Å². The smallest absolute Gasteiger partial charge is 0.339 e. The largest absolute Gasteiger partial charge is 0.378 e. The first-order valence-electron chi connectivity index (χ1n) is 8.04. The van der Waals surface area contributed by atoms with Gasteiger partial charge in [-0.25, -0.2) is 0 Å². The van der Waals surface area contributed by atoms with Crippen LogP contribution in [0.2, 0.25) is 0 Å². The number of para-hydroxylation sites is 1. The van der Waals surface area contributed by atoms with Gasteiger partial charge in [-0.1, -0.05) is 41.6 Å². The van der Waals surface area contributed by atoms with Crippen molar-refractivity contribution in [3.05, 3.63) is 59.7 Å². The summed E-state index contributed by atoms with van der Waals surface area (Å²) in [5.74, 6) is 0.0142. The van der Waals surface area contributed by atoms with E-state index in [9.17, 15) is 13.2 Å². The van der Waals surface area contributed by atoms with Gasteiger partial charge < -0.3 is 9.50 Å². The molecule has 140 valence electrons. The highest BCUT2D eigenvalue weighted by atomic mass is 32.2. The summed E-state index contributed by atoms with van der Waals surface area (Å²) in [7, 11) is -3.97. The van der Waals surface area contributed by atoms with E-state index in [0.29, 0.717) is 10.7 Å². The molecule has 27 heavy (non-hydrogen) atoms. The Morgan fingerprint density at radius 3 is 2.52 bits per heavy atom. The van der Waals surface area contributed by atoms with E-state index in [1.165, 1.54) is 36.2 Å². The molecule has 1 saturated heterocycles. The first-order valence-corrected chi connectivity index (χ1v) is 10.3. The molecule has 1 amide bonds. The van der Waals surface area contributed by atoms with Gasteiger partial charge in [0, 0.05) is 5.56 Å². The van der Waals surface area contributed by atoms with Gasteiger partial charge in [0.05, 0.1) is 11.5 Å². The molecule has 2 aromatic rings. The molecule has 3 rings (SSSR count). The molecule has 0 radical (unpaired) electrons. The lowest BCUT2D eigenvalue weighted by molar-refractivity contribution is -0.118. The van der Waals surface area contributed by atoms with Gasteiger partial charge in [0.15, 0.2) is 10.9 Å². The molecular formula is C18H17N3O4S2. The van der Waals surface area contributed by atoms with E-state index in [-0.39, 0.29) is 21.8 Å². The summed E-state index contributed by atoms with van der Waals surface area (Å²) in [4.78, 5) is 11.5. The molecule has 1 fully saturated rings. The molecule has 0 aromatic heterocycles. The second-order valence-corrected chi connectivity index (χ2v) is 8.66. The molecule has 9 heteroatoms. The lowest BCUT2D eigenvalue weighted by atomic mass is 10.2. The zero-order chi connectivity index (χ0) is 19.4. The Balaban J connectivity index is 1.80. The minimum atomic E-state index is -3.97. The topological polar surface area (TPSA) is 97.2 Å². The van der Waals surface area contributed by atoms with Crippen LogP contribution in [0.25, 0.3) is 0 Å². The Bertz CT molecular complexity index is 1020. The van der Waals surface area contributed by atoms with Crippen molar-refractivity contribution in [2.24, 2.45) is 10.2 Å². The van der Waals surface area contributed by atoms with Crippen LogP contribution in [0.1, 0.15) is 18.1 Å². The Morgan fingerprint density at radius 1 is 1.15 bits per heavy atom. The van der Waals surface area contributed by atoms with Crippen molar-refractivity contribution < 1.29 is 17.4 Å². The molecule has 7 nitrogen and oxygen atoms in total. The van der Waals surface area contributed by atoms with Crippen molar-refractivity contribution in [2.75, 3.05) is 0 Å². The fourth-order valence-electron chi connectivity index (χ4n) is 2.18. The van der Waals surface area contributed by atoms with E-state index >= 15 is 0 Å². The molecule has 2 aromatic carbocycles. The molecule has 1 N–H and O–H groups in total. The Labute approximate surface area is 161 Å². The Morgan fingerprint density at radius 2 is 1.85 bits per heavy atom. The standard InChI is InChI=1S/C18H17N3O4S2/c1-12-7-9-15(10-8-12)27(23,24)25-16-6-4-3-5-14(16)11-19-21-18-20-17(22)13(2)26-18/h3-11,13H,1-2H3,(H,20,21,22)/b19-11+. The van der Waals surface area contributed by atoms with Gasteiger partial charge in [-0.05, 0) is 38.1 Å². The number of rotatable bonds is 5. The fourth-order valence-corrected chi connectivity index (χ4v) is 3.89. The summed E-state index contributed by atoms with van der Waals surface area (Å²) in [6.45, 7) is 3.64. The molecule has 0 aliphatic carbocycles. The average molecular weight is 403 g/mol. The maximum Gasteiger partial charge on any atom is 0.339 e. The van der Waals surface area contributed by atoms with Crippen LogP contribution >= 0.6 is 11.8 Å². The number of aryl methyl sites for hydroxylation is 1. The Hall–Kier alpha value is -2.65. The minimum absolute atomic E-state index is 0.0686. The van der Waals surface area contributed by atoms with E-state index in [0.717, 1.165) is 5.56 Å². The Kier molecular flexibility index (Phi) is 5.62. The second kappa shape index (κ2) is 7.93. The highest BCUT2D eigenvalue weighted by Gasteiger charge is 2.25. The van der Waals surface area contributed by atoms with Gasteiger partial charge in [-0.15, -0.1) is 5.10 Å². The number of thioether (sulfide) groups is 1. The predicted molar refractivity (Wildman–Crippen MR) is 106 cm³/mol. The number of hydrogen-bond acceptors (Lipinski definition) is 7. The minimum Gasteiger partial charge on any atom is -0.378 e. The number of benzene rings is 2. The molecular weight excluding hydrogens is 386 g/mol. The number of nitrogens with zero attached hydrogens (tertiary/aromatic N) is 2. The van der Waals surface area contributed by atoms with E-state index < -0.39 is 10.1 Å². The summed E-state index contributed by atoms with van der Waals surface area (Å²) in [5, 5.41) is 10.6. The van der Waals surface area contributed by atoms with Crippen LogP contribution in [0.3, 0.4) is 0 Å². The molecule has 0 saturated carbocycles. The zero-order valence-electron chi connectivity index (χ0n) is 14.6. The summed E-state index contributed by atoms with van der Waals surface area (Å²) < 4.78 is 30.2. The van der Waals surface area contributed by atoms with Crippen molar-refractivity contribution in [3.8, 4) is 5.75 Å². The van der Waals surface area contributed by atoms with Gasteiger partial charge >= 0.3 is 10.1 Å². The molecule has 0 bridgehead atoms.